The van der Waals surface area contributed by atoms with Crippen molar-refractivity contribution in [2.75, 3.05) is 26.0 Å². The minimum absolute atomic E-state index is 0. The summed E-state index contributed by atoms with van der Waals surface area (Å²) >= 11 is 5.80. The van der Waals surface area contributed by atoms with E-state index in [0.717, 1.165) is 11.6 Å². The number of halogens is 4. The van der Waals surface area contributed by atoms with Crippen LogP contribution in [0.1, 0.15) is 38.3 Å². The van der Waals surface area contributed by atoms with Crippen LogP contribution in [0, 0.1) is 17.0 Å². The molecule has 16 heteroatoms. The van der Waals surface area contributed by atoms with Gasteiger partial charge in [-0.3, -0.25) is 19.7 Å². The van der Waals surface area contributed by atoms with Gasteiger partial charge in [-0.05, 0) is 61.6 Å². The summed E-state index contributed by atoms with van der Waals surface area (Å²) in [6, 6.07) is 12.9. The van der Waals surface area contributed by atoms with E-state index in [9.17, 15) is 23.2 Å². The molecule has 1 fully saturated rings. The van der Waals surface area contributed by atoms with E-state index in [1.807, 2.05) is 30.3 Å². The first-order chi connectivity index (χ1) is 24.8. The van der Waals surface area contributed by atoms with Crippen LogP contribution >= 0.6 is 24.0 Å². The summed E-state index contributed by atoms with van der Waals surface area (Å²) in [5, 5.41) is 14.0. The molecule has 2 heterocycles. The molecule has 1 saturated heterocycles. The average Bonchev–Trinajstić information content (AvgIpc) is 3.62. The number of fused-ring (bicyclic) bond motifs is 1. The second kappa shape index (κ2) is 18.0. The van der Waals surface area contributed by atoms with Crippen LogP contribution in [0.15, 0.2) is 60.9 Å². The molecule has 5 rings (SSSR count). The highest BCUT2D eigenvalue weighted by Gasteiger charge is 2.40. The van der Waals surface area contributed by atoms with Gasteiger partial charge in [-0.2, -0.15) is 0 Å². The van der Waals surface area contributed by atoms with Crippen molar-refractivity contribution in [1.29, 1.82) is 0 Å². The number of amides is 3. The summed E-state index contributed by atoms with van der Waals surface area (Å²) in [4.78, 5) is 49.1. The number of carbonyl (C=O) groups excluding carboxylic acids is 3. The molecule has 4 atom stereocenters. The highest BCUT2D eigenvalue weighted by Crippen LogP contribution is 2.36. The molecule has 5 N–H and O–H groups in total. The highest BCUT2D eigenvalue weighted by atomic mass is 35.5. The number of aromatic nitrogens is 2. The van der Waals surface area contributed by atoms with Crippen LogP contribution in [0.5, 0.6) is 5.75 Å². The van der Waals surface area contributed by atoms with Gasteiger partial charge in [0.2, 0.25) is 17.7 Å². The van der Waals surface area contributed by atoms with Gasteiger partial charge in [0.1, 0.15) is 34.8 Å². The zero-order valence-electron chi connectivity index (χ0n) is 29.9. The Labute approximate surface area is 317 Å². The summed E-state index contributed by atoms with van der Waals surface area (Å²) in [7, 11) is 3.11. The molecule has 3 aromatic carbocycles. The Morgan fingerprint density at radius 1 is 1.08 bits per heavy atom. The number of methoxy groups -OCH3 is 1. The summed E-state index contributed by atoms with van der Waals surface area (Å²) in [6.45, 7) is 6.05. The van der Waals surface area contributed by atoms with Crippen LogP contribution in [0.25, 0.3) is 10.9 Å². The van der Waals surface area contributed by atoms with E-state index in [4.69, 9.17) is 21.1 Å². The highest BCUT2D eigenvalue weighted by molar-refractivity contribution is 6.31. The number of imide groups is 1. The Morgan fingerprint density at radius 2 is 1.81 bits per heavy atom. The van der Waals surface area contributed by atoms with Crippen LogP contribution < -0.4 is 31.3 Å². The number of nitrogens with one attached hydrogen (secondary N) is 5. The summed E-state index contributed by atoms with van der Waals surface area (Å²) in [5.74, 6) is -2.90. The lowest BCUT2D eigenvalue weighted by Gasteiger charge is -2.35. The number of hydrogen-bond donors (Lipinski definition) is 5. The molecule has 0 spiro atoms. The van der Waals surface area contributed by atoms with Gasteiger partial charge < -0.3 is 30.7 Å². The van der Waals surface area contributed by atoms with Gasteiger partial charge in [0.15, 0.2) is 5.82 Å². The molecule has 12 nitrogen and oxygen atoms in total. The number of rotatable bonds is 14. The monoisotopic (exact) mass is 773 g/mol. The molecular formula is C37H43Cl2F2N7O5. The standard InChI is InChI=1S/C37H42ClF2N7O5.ClH/c1-20(41-4)34(48)46-32(36(50)47-35(49)28-14-23(17-42-28)52-18-21-9-7-6-8-10-21)37(2,3)16-22-13-24-27(15-29(22)51-5)43-19-44-33(24)45-26-12-11-25(39)30(38)31(26)40;/h6-13,15,19-20,23,28,32,41-42H,14,16-18H2,1-5H3,(H,46,48)(H,43,44,45)(H,47,49,50);1H/t20-,23+,28-,32+;/m0./s1. The third-order valence-corrected chi connectivity index (χ3v) is 9.46. The molecule has 4 aromatic rings. The normalized spacial score (nSPS) is 16.7. The number of likely N-dealkylation sites (N-methyl/N-ethyl adjacent to an activating group) is 1. The number of anilines is 2. The predicted molar refractivity (Wildman–Crippen MR) is 201 cm³/mol. The van der Waals surface area contributed by atoms with Crippen LogP contribution in [-0.2, 0) is 32.1 Å². The fraction of sp³-hybridized carbons (Fsp3) is 0.378. The third kappa shape index (κ3) is 9.95. The smallest absolute Gasteiger partial charge is 0.249 e. The predicted octanol–water partition coefficient (Wildman–Crippen LogP) is 4.99. The fourth-order valence-electron chi connectivity index (χ4n) is 6.01. The molecule has 0 aliphatic carbocycles. The first-order valence-electron chi connectivity index (χ1n) is 16.7. The number of nitrogens with zero attached hydrogens (tertiary/aromatic N) is 2. The van der Waals surface area contributed by atoms with Crippen LogP contribution in [0.2, 0.25) is 5.02 Å². The molecule has 1 aliphatic rings. The van der Waals surface area contributed by atoms with Crippen molar-refractivity contribution in [3.63, 3.8) is 0 Å². The van der Waals surface area contributed by atoms with Gasteiger partial charge in [-0.15, -0.1) is 12.4 Å². The van der Waals surface area contributed by atoms with Gasteiger partial charge in [0.05, 0.1) is 43.1 Å². The van der Waals surface area contributed by atoms with Gasteiger partial charge in [0, 0.05) is 18.0 Å². The van der Waals surface area contributed by atoms with Gasteiger partial charge >= 0.3 is 0 Å². The Hall–Kier alpha value is -4.47. The van der Waals surface area contributed by atoms with Gasteiger partial charge in [0.25, 0.3) is 0 Å². The molecule has 0 radical (unpaired) electrons. The molecule has 0 bridgehead atoms. The second-order valence-electron chi connectivity index (χ2n) is 13.3. The first-order valence-corrected chi connectivity index (χ1v) is 17.1. The Balaban J connectivity index is 0.00000627. The lowest BCUT2D eigenvalue weighted by atomic mass is 9.77. The van der Waals surface area contributed by atoms with Crippen molar-refractivity contribution < 1.29 is 32.6 Å². The molecule has 284 valence electrons. The molecular weight excluding hydrogens is 731 g/mol. The summed E-state index contributed by atoms with van der Waals surface area (Å²) in [6.07, 6.45) is 1.58. The van der Waals surface area contributed by atoms with Crippen molar-refractivity contribution in [2.24, 2.45) is 5.41 Å². The zero-order chi connectivity index (χ0) is 37.6. The van der Waals surface area contributed by atoms with E-state index in [-0.39, 0.29) is 36.4 Å². The van der Waals surface area contributed by atoms with E-state index in [2.05, 4.69) is 36.6 Å². The van der Waals surface area contributed by atoms with Crippen molar-refractivity contribution in [1.82, 2.24) is 31.2 Å². The van der Waals surface area contributed by atoms with Gasteiger partial charge in [-0.1, -0.05) is 55.8 Å². The minimum Gasteiger partial charge on any atom is -0.496 e. The molecule has 53 heavy (non-hydrogen) atoms. The van der Waals surface area contributed by atoms with Crippen molar-refractivity contribution in [3.05, 3.63) is 88.7 Å². The van der Waals surface area contributed by atoms with E-state index in [0.29, 0.717) is 41.8 Å². The quantitative estimate of drug-likeness (QED) is 0.111. The van der Waals surface area contributed by atoms with Crippen molar-refractivity contribution in [3.8, 4) is 5.75 Å². The molecule has 1 aliphatic heterocycles. The van der Waals surface area contributed by atoms with Crippen molar-refractivity contribution >= 4 is 64.1 Å². The van der Waals surface area contributed by atoms with Gasteiger partial charge in [-0.25, -0.2) is 18.7 Å². The Morgan fingerprint density at radius 3 is 2.51 bits per heavy atom. The van der Waals surface area contributed by atoms with Crippen LogP contribution in [0.3, 0.4) is 0 Å². The maximum absolute atomic E-state index is 14.8. The van der Waals surface area contributed by atoms with E-state index in [1.54, 1.807) is 40.0 Å². The SMILES string of the molecule is CN[C@@H](C)C(=O)N[C@H](C(=O)NC(=O)[C@@H]1C[C@@H](OCc2ccccc2)CN1)C(C)(C)Cc1cc2c(Nc3ccc(F)c(Cl)c3F)ncnc2cc1OC.Cl. The van der Waals surface area contributed by atoms with Crippen LogP contribution in [0.4, 0.5) is 20.3 Å². The zero-order valence-corrected chi connectivity index (χ0v) is 31.5. The molecule has 1 aromatic heterocycles. The Bertz CT molecular complexity index is 1940. The Kier molecular flexibility index (Phi) is 14.1. The molecule has 3 amide bonds. The first kappa shape index (κ1) is 41.3. The lowest BCUT2D eigenvalue weighted by Crippen LogP contribution is -2.59. The van der Waals surface area contributed by atoms with E-state index < -0.39 is 57.9 Å². The number of ether oxygens (including phenoxy) is 2. The summed E-state index contributed by atoms with van der Waals surface area (Å²) < 4.78 is 40.3. The fourth-order valence-corrected chi connectivity index (χ4v) is 6.18. The minimum atomic E-state index is -1.17. The van der Waals surface area contributed by atoms with E-state index in [1.165, 1.54) is 19.5 Å². The number of carbonyl (C=O) groups is 3. The maximum atomic E-state index is 14.8. The topological polar surface area (TPSA) is 156 Å². The maximum Gasteiger partial charge on any atom is 0.249 e. The third-order valence-electron chi connectivity index (χ3n) is 9.11. The largest absolute Gasteiger partial charge is 0.496 e. The lowest BCUT2D eigenvalue weighted by molar-refractivity contribution is -0.137. The molecule has 0 unspecified atom stereocenters. The molecule has 0 saturated carbocycles. The van der Waals surface area contributed by atoms with Crippen molar-refractivity contribution in [2.45, 2.75) is 64.4 Å². The second-order valence-corrected chi connectivity index (χ2v) is 13.7. The number of hydrogen-bond acceptors (Lipinski definition) is 10. The van der Waals surface area contributed by atoms with Crippen LogP contribution in [-0.4, -0.2) is 72.6 Å². The summed E-state index contributed by atoms with van der Waals surface area (Å²) in [5.41, 5.74) is 0.954. The average molecular weight is 775 g/mol. The van der Waals surface area contributed by atoms with E-state index >= 15 is 0 Å². The number of benzene rings is 3.